The number of hydrogen-bond donors (Lipinski definition) is 0. The lowest BCUT2D eigenvalue weighted by atomic mass is 9.92. The molecule has 2 aliphatic rings. The van der Waals surface area contributed by atoms with Crippen LogP contribution in [0, 0.1) is 0 Å². The summed E-state index contributed by atoms with van der Waals surface area (Å²) in [4.78, 5) is 2.59. The Morgan fingerprint density at radius 1 is 0.909 bits per heavy atom. The fourth-order valence-electron chi connectivity index (χ4n) is 4.00. The van der Waals surface area contributed by atoms with Crippen LogP contribution in [-0.2, 0) is 6.42 Å². The van der Waals surface area contributed by atoms with Gasteiger partial charge < -0.3 is 14.4 Å². The lowest BCUT2D eigenvalue weighted by molar-refractivity contribution is 0.413. The average Bonchev–Trinajstić information content (AvgIpc) is 2.89. The SMILES string of the molecule is COc1ccc(N2C3CCC2c2ccc(OC)cc2C3)cc1. The normalized spacial score (nSPS) is 22.4. The Kier molecular flexibility index (Phi) is 3.21. The molecule has 0 spiro atoms. The lowest BCUT2D eigenvalue weighted by Gasteiger charge is -2.38. The Balaban J connectivity index is 1.70. The zero-order valence-electron chi connectivity index (χ0n) is 13.1. The molecule has 2 unspecified atom stereocenters. The average molecular weight is 295 g/mol. The smallest absolute Gasteiger partial charge is 0.119 e. The van der Waals surface area contributed by atoms with E-state index in [1.54, 1.807) is 14.2 Å². The maximum atomic E-state index is 5.38. The van der Waals surface area contributed by atoms with E-state index in [4.69, 9.17) is 9.47 Å². The van der Waals surface area contributed by atoms with Crippen LogP contribution in [0.3, 0.4) is 0 Å². The van der Waals surface area contributed by atoms with Crippen molar-refractivity contribution >= 4 is 5.69 Å². The van der Waals surface area contributed by atoms with Gasteiger partial charge in [-0.25, -0.2) is 0 Å². The van der Waals surface area contributed by atoms with Crippen molar-refractivity contribution in [3.05, 3.63) is 53.6 Å². The highest BCUT2D eigenvalue weighted by molar-refractivity contribution is 5.57. The number of hydrogen-bond acceptors (Lipinski definition) is 3. The first kappa shape index (κ1) is 13.5. The van der Waals surface area contributed by atoms with Crippen molar-refractivity contribution < 1.29 is 9.47 Å². The van der Waals surface area contributed by atoms with Gasteiger partial charge in [-0.05, 0) is 66.8 Å². The molecule has 3 heteroatoms. The van der Waals surface area contributed by atoms with E-state index in [0.717, 1.165) is 17.9 Å². The van der Waals surface area contributed by atoms with Crippen LogP contribution in [-0.4, -0.2) is 20.3 Å². The highest BCUT2D eigenvalue weighted by Gasteiger charge is 2.39. The zero-order valence-corrected chi connectivity index (χ0v) is 13.1. The van der Waals surface area contributed by atoms with Gasteiger partial charge in [0.2, 0.25) is 0 Å². The van der Waals surface area contributed by atoms with Gasteiger partial charge >= 0.3 is 0 Å². The molecule has 0 saturated carbocycles. The van der Waals surface area contributed by atoms with Crippen LogP contribution in [0.25, 0.3) is 0 Å². The van der Waals surface area contributed by atoms with Gasteiger partial charge in [-0.15, -0.1) is 0 Å². The molecule has 2 bridgehead atoms. The van der Waals surface area contributed by atoms with E-state index < -0.39 is 0 Å². The molecule has 2 aliphatic heterocycles. The number of benzene rings is 2. The molecule has 2 aromatic rings. The van der Waals surface area contributed by atoms with Crippen molar-refractivity contribution in [2.45, 2.75) is 31.3 Å². The van der Waals surface area contributed by atoms with Crippen LogP contribution in [0.5, 0.6) is 11.5 Å². The van der Waals surface area contributed by atoms with Crippen LogP contribution >= 0.6 is 0 Å². The zero-order chi connectivity index (χ0) is 15.1. The van der Waals surface area contributed by atoms with Crippen molar-refractivity contribution in [2.75, 3.05) is 19.1 Å². The molecule has 0 amide bonds. The number of fused-ring (bicyclic) bond motifs is 4. The number of ether oxygens (including phenoxy) is 2. The Morgan fingerprint density at radius 3 is 2.36 bits per heavy atom. The third-order valence-corrected chi connectivity index (χ3v) is 5.04. The minimum absolute atomic E-state index is 0.494. The molecule has 2 atom stereocenters. The van der Waals surface area contributed by atoms with E-state index in [0.29, 0.717) is 12.1 Å². The van der Waals surface area contributed by atoms with E-state index in [-0.39, 0.29) is 0 Å². The summed E-state index contributed by atoms with van der Waals surface area (Å²) in [6.07, 6.45) is 3.60. The summed E-state index contributed by atoms with van der Waals surface area (Å²) < 4.78 is 10.7. The summed E-state index contributed by atoms with van der Waals surface area (Å²) in [7, 11) is 3.45. The first-order valence-electron chi connectivity index (χ1n) is 7.89. The van der Waals surface area contributed by atoms with Crippen molar-refractivity contribution in [3.63, 3.8) is 0 Å². The van der Waals surface area contributed by atoms with Crippen LogP contribution in [0.15, 0.2) is 42.5 Å². The molecule has 0 aromatic heterocycles. The molecule has 2 aromatic carbocycles. The minimum Gasteiger partial charge on any atom is -0.497 e. The number of anilines is 1. The van der Waals surface area contributed by atoms with Crippen LogP contribution in [0.2, 0.25) is 0 Å². The molecule has 1 fully saturated rings. The molecule has 114 valence electrons. The van der Waals surface area contributed by atoms with Crippen molar-refractivity contribution in [1.82, 2.24) is 0 Å². The largest absolute Gasteiger partial charge is 0.497 e. The standard InChI is InChI=1S/C19H21NO2/c1-21-16-6-3-14(4-7-16)20-15-5-10-19(20)18-9-8-17(22-2)12-13(18)11-15/h3-4,6-9,12,15,19H,5,10-11H2,1-2H3. The summed E-state index contributed by atoms with van der Waals surface area (Å²) in [6, 6.07) is 16.1. The predicted molar refractivity (Wildman–Crippen MR) is 87.9 cm³/mol. The summed E-state index contributed by atoms with van der Waals surface area (Å²) in [5.41, 5.74) is 4.22. The van der Waals surface area contributed by atoms with Gasteiger partial charge in [0.15, 0.2) is 0 Å². The topological polar surface area (TPSA) is 21.7 Å². The number of rotatable bonds is 3. The molecular formula is C19H21NO2. The van der Waals surface area contributed by atoms with Crippen molar-refractivity contribution in [3.8, 4) is 11.5 Å². The lowest BCUT2D eigenvalue weighted by Crippen LogP contribution is -2.37. The molecule has 1 saturated heterocycles. The summed E-state index contributed by atoms with van der Waals surface area (Å²) >= 11 is 0. The molecule has 3 nitrogen and oxygen atoms in total. The van der Waals surface area contributed by atoms with Gasteiger partial charge in [0.1, 0.15) is 11.5 Å². The van der Waals surface area contributed by atoms with Crippen LogP contribution in [0.4, 0.5) is 5.69 Å². The predicted octanol–water partition coefficient (Wildman–Crippen LogP) is 3.97. The molecule has 0 aliphatic carbocycles. The quantitative estimate of drug-likeness (QED) is 0.855. The Bertz CT molecular complexity index is 680. The second-order valence-corrected chi connectivity index (χ2v) is 6.12. The third-order valence-electron chi connectivity index (χ3n) is 5.04. The summed E-state index contributed by atoms with van der Waals surface area (Å²) in [5, 5.41) is 0. The van der Waals surface area contributed by atoms with Gasteiger partial charge in [0.25, 0.3) is 0 Å². The van der Waals surface area contributed by atoms with Gasteiger partial charge in [0.05, 0.1) is 20.3 Å². The molecule has 4 rings (SSSR count). The van der Waals surface area contributed by atoms with E-state index in [2.05, 4.69) is 47.4 Å². The fraction of sp³-hybridized carbons (Fsp3) is 0.368. The Hall–Kier alpha value is -2.16. The van der Waals surface area contributed by atoms with Gasteiger partial charge in [-0.2, -0.15) is 0 Å². The van der Waals surface area contributed by atoms with Gasteiger partial charge in [0, 0.05) is 11.7 Å². The van der Waals surface area contributed by atoms with E-state index in [1.807, 2.05) is 0 Å². The number of nitrogens with zero attached hydrogens (tertiary/aromatic N) is 1. The first-order chi connectivity index (χ1) is 10.8. The Labute approximate surface area is 131 Å². The number of methoxy groups -OCH3 is 2. The molecule has 22 heavy (non-hydrogen) atoms. The van der Waals surface area contributed by atoms with Crippen molar-refractivity contribution in [1.29, 1.82) is 0 Å². The Morgan fingerprint density at radius 2 is 1.64 bits per heavy atom. The van der Waals surface area contributed by atoms with Crippen molar-refractivity contribution in [2.24, 2.45) is 0 Å². The molecule has 2 heterocycles. The highest BCUT2D eigenvalue weighted by Crippen LogP contribution is 2.47. The summed E-state index contributed by atoms with van der Waals surface area (Å²) in [6.45, 7) is 0. The van der Waals surface area contributed by atoms with Crippen LogP contribution in [0.1, 0.15) is 30.0 Å². The monoisotopic (exact) mass is 295 g/mol. The second-order valence-electron chi connectivity index (χ2n) is 6.12. The third kappa shape index (κ3) is 2.04. The van der Waals surface area contributed by atoms with E-state index >= 15 is 0 Å². The highest BCUT2D eigenvalue weighted by atomic mass is 16.5. The molecule has 0 radical (unpaired) electrons. The van der Waals surface area contributed by atoms with Gasteiger partial charge in [-0.3, -0.25) is 0 Å². The molecule has 0 N–H and O–H groups in total. The maximum Gasteiger partial charge on any atom is 0.119 e. The van der Waals surface area contributed by atoms with E-state index in [9.17, 15) is 0 Å². The van der Waals surface area contributed by atoms with Gasteiger partial charge in [-0.1, -0.05) is 6.07 Å². The summed E-state index contributed by atoms with van der Waals surface area (Å²) in [5.74, 6) is 1.88. The fourth-order valence-corrected chi connectivity index (χ4v) is 4.00. The molecular weight excluding hydrogens is 274 g/mol. The first-order valence-corrected chi connectivity index (χ1v) is 7.89. The van der Waals surface area contributed by atoms with E-state index in [1.165, 1.54) is 29.7 Å². The van der Waals surface area contributed by atoms with Crippen LogP contribution < -0.4 is 14.4 Å². The minimum atomic E-state index is 0.494. The maximum absolute atomic E-state index is 5.38. The second kappa shape index (κ2) is 5.24.